The molecule has 0 bridgehead atoms. The minimum Gasteiger partial charge on any atom is -0.465 e. The molecule has 1 aliphatic carbocycles. The van der Waals surface area contributed by atoms with Crippen LogP contribution in [0.25, 0.3) is 0 Å². The summed E-state index contributed by atoms with van der Waals surface area (Å²) in [5.41, 5.74) is 0.925. The fourth-order valence-electron chi connectivity index (χ4n) is 2.27. The highest BCUT2D eigenvalue weighted by Crippen LogP contribution is 2.32. The fourth-order valence-corrected chi connectivity index (χ4v) is 2.27. The van der Waals surface area contributed by atoms with Crippen molar-refractivity contribution in [2.45, 2.75) is 52.9 Å². The third-order valence-electron chi connectivity index (χ3n) is 3.23. The van der Waals surface area contributed by atoms with Crippen molar-refractivity contribution >= 4 is 11.9 Å². The molecule has 0 aromatic rings. The standard InChI is InChI=1S/C15H24O4/c1-4-9-18-14(16)12-7-5-6-8-13(12)15(17)19-10-11(2)3/h10,12-13H,4-9H2,1-3H3. The number of hydrogen-bond donors (Lipinski definition) is 0. The summed E-state index contributed by atoms with van der Waals surface area (Å²) in [5.74, 6) is -1.24. The van der Waals surface area contributed by atoms with E-state index in [0.717, 1.165) is 31.3 Å². The van der Waals surface area contributed by atoms with Crippen molar-refractivity contribution in [3.8, 4) is 0 Å². The van der Waals surface area contributed by atoms with Gasteiger partial charge in [0, 0.05) is 0 Å². The molecule has 108 valence electrons. The lowest BCUT2D eigenvalue weighted by Gasteiger charge is -2.27. The smallest absolute Gasteiger partial charge is 0.314 e. The van der Waals surface area contributed by atoms with Crippen molar-refractivity contribution in [3.05, 3.63) is 11.8 Å². The molecule has 0 heterocycles. The predicted octanol–water partition coefficient (Wildman–Crippen LogP) is 3.21. The Morgan fingerprint density at radius 1 is 1.11 bits per heavy atom. The minimum absolute atomic E-state index is 0.249. The van der Waals surface area contributed by atoms with Gasteiger partial charge in [0.1, 0.15) is 0 Å². The van der Waals surface area contributed by atoms with E-state index < -0.39 is 0 Å². The molecule has 2 unspecified atom stereocenters. The van der Waals surface area contributed by atoms with Crippen LogP contribution in [0.1, 0.15) is 52.9 Å². The monoisotopic (exact) mass is 268 g/mol. The van der Waals surface area contributed by atoms with Crippen LogP contribution >= 0.6 is 0 Å². The summed E-state index contributed by atoms with van der Waals surface area (Å²) >= 11 is 0. The highest BCUT2D eigenvalue weighted by molar-refractivity contribution is 5.82. The molecule has 1 aliphatic rings. The van der Waals surface area contributed by atoms with Gasteiger partial charge in [0.25, 0.3) is 0 Å². The summed E-state index contributed by atoms with van der Waals surface area (Å²) in [7, 11) is 0. The quantitative estimate of drug-likeness (QED) is 0.567. The average Bonchev–Trinajstić information content (AvgIpc) is 2.42. The van der Waals surface area contributed by atoms with E-state index in [1.165, 1.54) is 6.26 Å². The number of ether oxygens (including phenoxy) is 2. The van der Waals surface area contributed by atoms with Crippen molar-refractivity contribution in [2.75, 3.05) is 6.61 Å². The van der Waals surface area contributed by atoms with Crippen LogP contribution in [0.2, 0.25) is 0 Å². The van der Waals surface area contributed by atoms with Gasteiger partial charge in [-0.3, -0.25) is 9.59 Å². The molecule has 2 atom stereocenters. The van der Waals surface area contributed by atoms with Crippen LogP contribution in [0.15, 0.2) is 11.8 Å². The number of rotatable bonds is 5. The first-order valence-corrected chi connectivity index (χ1v) is 7.06. The second-order valence-electron chi connectivity index (χ2n) is 5.30. The van der Waals surface area contributed by atoms with E-state index in [1.807, 2.05) is 20.8 Å². The maximum Gasteiger partial charge on any atom is 0.314 e. The maximum absolute atomic E-state index is 12.0. The number of allylic oxidation sites excluding steroid dienone is 1. The summed E-state index contributed by atoms with van der Waals surface area (Å²) in [6, 6.07) is 0. The molecule has 0 spiro atoms. The molecular formula is C15H24O4. The van der Waals surface area contributed by atoms with E-state index >= 15 is 0 Å². The highest BCUT2D eigenvalue weighted by Gasteiger charge is 2.37. The van der Waals surface area contributed by atoms with E-state index in [4.69, 9.17) is 9.47 Å². The van der Waals surface area contributed by atoms with Crippen LogP contribution in [0.3, 0.4) is 0 Å². The molecule has 4 nitrogen and oxygen atoms in total. The summed E-state index contributed by atoms with van der Waals surface area (Å²) in [6.45, 7) is 6.10. The van der Waals surface area contributed by atoms with Gasteiger partial charge < -0.3 is 9.47 Å². The summed E-state index contributed by atoms with van der Waals surface area (Å²) in [5, 5.41) is 0. The second-order valence-corrected chi connectivity index (χ2v) is 5.30. The molecule has 0 saturated heterocycles. The molecule has 1 saturated carbocycles. The van der Waals surface area contributed by atoms with Crippen molar-refractivity contribution in [2.24, 2.45) is 11.8 Å². The number of carbonyl (C=O) groups excluding carboxylic acids is 2. The van der Waals surface area contributed by atoms with Crippen LogP contribution in [0.4, 0.5) is 0 Å². The molecule has 0 aromatic heterocycles. The first-order chi connectivity index (χ1) is 9.06. The molecule has 4 heteroatoms. The number of carbonyl (C=O) groups is 2. The molecule has 0 N–H and O–H groups in total. The Bertz CT molecular complexity index is 342. The summed E-state index contributed by atoms with van der Waals surface area (Å²) < 4.78 is 10.3. The van der Waals surface area contributed by atoms with Crippen LogP contribution in [0, 0.1) is 11.8 Å². The van der Waals surface area contributed by atoms with Crippen LogP contribution in [0.5, 0.6) is 0 Å². The van der Waals surface area contributed by atoms with Gasteiger partial charge in [-0.2, -0.15) is 0 Å². The molecule has 0 aliphatic heterocycles. The Kier molecular flexibility index (Phi) is 6.60. The van der Waals surface area contributed by atoms with Gasteiger partial charge >= 0.3 is 11.9 Å². The van der Waals surface area contributed by atoms with Crippen molar-refractivity contribution in [1.29, 1.82) is 0 Å². The molecular weight excluding hydrogens is 244 g/mol. The fraction of sp³-hybridized carbons (Fsp3) is 0.733. The van der Waals surface area contributed by atoms with Crippen molar-refractivity contribution in [1.82, 2.24) is 0 Å². The minimum atomic E-state index is -0.353. The Hall–Kier alpha value is -1.32. The van der Waals surface area contributed by atoms with E-state index in [1.54, 1.807) is 0 Å². The second kappa shape index (κ2) is 7.97. The van der Waals surface area contributed by atoms with E-state index in [0.29, 0.717) is 13.0 Å². The molecule has 19 heavy (non-hydrogen) atoms. The average molecular weight is 268 g/mol. The largest absolute Gasteiger partial charge is 0.465 e. The summed E-state index contributed by atoms with van der Waals surface area (Å²) in [4.78, 5) is 24.0. The highest BCUT2D eigenvalue weighted by atomic mass is 16.5. The molecule has 0 aromatic carbocycles. The van der Waals surface area contributed by atoms with Crippen molar-refractivity contribution < 1.29 is 19.1 Å². The van der Waals surface area contributed by atoms with Crippen LogP contribution < -0.4 is 0 Å². The zero-order valence-electron chi connectivity index (χ0n) is 12.1. The molecule has 0 amide bonds. The van der Waals surface area contributed by atoms with Crippen LogP contribution in [-0.4, -0.2) is 18.5 Å². The lowest BCUT2D eigenvalue weighted by atomic mass is 9.79. The lowest BCUT2D eigenvalue weighted by Crippen LogP contribution is -2.34. The van der Waals surface area contributed by atoms with Gasteiger partial charge in [-0.25, -0.2) is 0 Å². The first-order valence-electron chi connectivity index (χ1n) is 7.06. The first kappa shape index (κ1) is 15.7. The van der Waals surface area contributed by atoms with E-state index in [9.17, 15) is 9.59 Å². The Morgan fingerprint density at radius 2 is 1.68 bits per heavy atom. The van der Waals surface area contributed by atoms with Gasteiger partial charge in [0.2, 0.25) is 0 Å². The van der Waals surface area contributed by atoms with Crippen molar-refractivity contribution in [3.63, 3.8) is 0 Å². The third kappa shape index (κ3) is 5.05. The van der Waals surface area contributed by atoms with Gasteiger partial charge in [-0.15, -0.1) is 0 Å². The van der Waals surface area contributed by atoms with Gasteiger partial charge in [-0.05, 0) is 38.7 Å². The zero-order chi connectivity index (χ0) is 14.3. The van der Waals surface area contributed by atoms with Gasteiger partial charge in [-0.1, -0.05) is 19.8 Å². The van der Waals surface area contributed by atoms with E-state index in [-0.39, 0.29) is 23.8 Å². The number of esters is 2. The van der Waals surface area contributed by atoms with Gasteiger partial charge in [0.05, 0.1) is 24.7 Å². The number of hydrogen-bond acceptors (Lipinski definition) is 4. The Balaban J connectivity index is 2.63. The maximum atomic E-state index is 12.0. The topological polar surface area (TPSA) is 52.6 Å². The Morgan fingerprint density at radius 3 is 2.21 bits per heavy atom. The molecule has 0 radical (unpaired) electrons. The zero-order valence-corrected chi connectivity index (χ0v) is 12.1. The molecule has 1 fully saturated rings. The third-order valence-corrected chi connectivity index (χ3v) is 3.23. The lowest BCUT2D eigenvalue weighted by molar-refractivity contribution is -0.160. The summed E-state index contributed by atoms with van der Waals surface area (Å²) in [6.07, 6.45) is 5.61. The van der Waals surface area contributed by atoms with Gasteiger partial charge in [0.15, 0.2) is 0 Å². The Labute approximate surface area is 115 Å². The predicted molar refractivity (Wildman–Crippen MR) is 72.2 cm³/mol. The van der Waals surface area contributed by atoms with Crippen LogP contribution in [-0.2, 0) is 19.1 Å². The molecule has 1 rings (SSSR count). The van der Waals surface area contributed by atoms with E-state index in [2.05, 4.69) is 0 Å². The normalized spacial score (nSPS) is 22.5. The SMILES string of the molecule is CCCOC(=O)C1CCCCC1C(=O)OC=C(C)C.